The second-order valence-corrected chi connectivity index (χ2v) is 6.21. The lowest BCUT2D eigenvalue weighted by atomic mass is 10.0. The molecule has 0 bridgehead atoms. The molecule has 0 saturated carbocycles. The molecule has 1 heterocycles. The number of hydrogen-bond donors (Lipinski definition) is 0. The number of amides is 1. The van der Waals surface area contributed by atoms with Gasteiger partial charge in [-0.2, -0.15) is 4.39 Å². The summed E-state index contributed by atoms with van der Waals surface area (Å²) in [6.07, 6.45) is -0.638. The Morgan fingerprint density at radius 3 is 2.38 bits per heavy atom. The number of rotatable bonds is 4. The number of carbonyl (C=O) groups is 1. The maximum absolute atomic E-state index is 15.1. The van der Waals surface area contributed by atoms with Crippen molar-refractivity contribution in [3.05, 3.63) is 59.2 Å². The Hall–Kier alpha value is -2.56. The summed E-state index contributed by atoms with van der Waals surface area (Å²) in [7, 11) is 1.57. The molecule has 1 fully saturated rings. The molecule has 2 aromatic carbocycles. The lowest BCUT2D eigenvalue weighted by Gasteiger charge is -2.18. The van der Waals surface area contributed by atoms with Gasteiger partial charge in [0.05, 0.1) is 13.7 Å². The number of methoxy groups -OCH3 is 1. The van der Waals surface area contributed by atoms with E-state index < -0.39 is 11.9 Å². The molecule has 1 unspecified atom stereocenters. The number of halogens is 1. The third kappa shape index (κ3) is 3.35. The van der Waals surface area contributed by atoms with Crippen molar-refractivity contribution in [2.75, 3.05) is 18.6 Å². The number of cyclic esters (lactones) is 1. The number of carbonyl (C=O) groups excluding carboxylic acids is 1. The Kier molecular flexibility index (Phi) is 4.18. The highest BCUT2D eigenvalue weighted by Crippen LogP contribution is 2.33. The van der Waals surface area contributed by atoms with Crippen molar-refractivity contribution in [1.29, 1.82) is 0 Å². The zero-order valence-electron chi connectivity index (χ0n) is 14.0. The molecule has 0 aromatic heterocycles. The van der Waals surface area contributed by atoms with Crippen molar-refractivity contribution >= 4 is 11.8 Å². The zero-order valence-corrected chi connectivity index (χ0v) is 14.0. The van der Waals surface area contributed by atoms with Gasteiger partial charge in [-0.3, -0.25) is 4.90 Å². The van der Waals surface area contributed by atoms with Gasteiger partial charge >= 0.3 is 6.09 Å². The fraction of sp³-hybridized carbons (Fsp3) is 0.316. The minimum Gasteiger partial charge on any atom is -0.497 e. The van der Waals surface area contributed by atoms with E-state index >= 15 is 4.39 Å². The van der Waals surface area contributed by atoms with Gasteiger partial charge in [-0.15, -0.1) is 0 Å². The van der Waals surface area contributed by atoms with Gasteiger partial charge in [-0.05, 0) is 43.7 Å². The van der Waals surface area contributed by atoms with Crippen LogP contribution in [0.3, 0.4) is 0 Å². The first kappa shape index (κ1) is 16.3. The highest BCUT2D eigenvalue weighted by Gasteiger charge is 2.46. The molecule has 5 heteroatoms. The number of aryl methyl sites for hydroxylation is 2. The van der Waals surface area contributed by atoms with Crippen LogP contribution in [0.2, 0.25) is 0 Å². The second kappa shape index (κ2) is 6.15. The van der Waals surface area contributed by atoms with E-state index in [1.54, 1.807) is 31.4 Å². The van der Waals surface area contributed by atoms with Crippen LogP contribution in [0.5, 0.6) is 5.75 Å². The first-order chi connectivity index (χ1) is 11.4. The minimum absolute atomic E-state index is 0.0356. The van der Waals surface area contributed by atoms with E-state index in [0.717, 1.165) is 16.7 Å². The van der Waals surface area contributed by atoms with E-state index in [4.69, 9.17) is 9.47 Å². The zero-order chi connectivity index (χ0) is 17.3. The van der Waals surface area contributed by atoms with Crippen molar-refractivity contribution < 1.29 is 18.7 Å². The molecule has 0 spiro atoms. The third-order valence-electron chi connectivity index (χ3n) is 4.02. The van der Waals surface area contributed by atoms with Crippen molar-refractivity contribution in [2.24, 2.45) is 0 Å². The van der Waals surface area contributed by atoms with Crippen molar-refractivity contribution in [2.45, 2.75) is 26.1 Å². The molecule has 1 amide bonds. The first-order valence-electron chi connectivity index (χ1n) is 7.79. The van der Waals surface area contributed by atoms with Crippen LogP contribution in [0, 0.1) is 13.8 Å². The van der Waals surface area contributed by atoms with E-state index in [2.05, 4.69) is 0 Å². The van der Waals surface area contributed by atoms with Crippen LogP contribution in [0.15, 0.2) is 42.5 Å². The number of alkyl halides is 1. The van der Waals surface area contributed by atoms with E-state index in [9.17, 15) is 4.79 Å². The van der Waals surface area contributed by atoms with Gasteiger partial charge in [0.2, 0.25) is 0 Å². The van der Waals surface area contributed by atoms with Crippen LogP contribution in [0.25, 0.3) is 0 Å². The summed E-state index contributed by atoms with van der Waals surface area (Å²) in [5, 5.41) is 0. The second-order valence-electron chi connectivity index (χ2n) is 6.21. The Morgan fingerprint density at radius 1 is 1.17 bits per heavy atom. The van der Waals surface area contributed by atoms with Gasteiger partial charge in [-0.25, -0.2) is 4.79 Å². The van der Waals surface area contributed by atoms with Gasteiger partial charge in [0, 0.05) is 12.1 Å². The van der Waals surface area contributed by atoms with Crippen LogP contribution in [-0.2, 0) is 11.2 Å². The summed E-state index contributed by atoms with van der Waals surface area (Å²) in [4.78, 5) is 13.4. The molecule has 2 aromatic rings. The summed E-state index contributed by atoms with van der Waals surface area (Å²) >= 11 is 0. The number of nitrogens with zero attached hydrogens (tertiary/aromatic N) is 1. The number of hydrogen-bond acceptors (Lipinski definition) is 3. The third-order valence-corrected chi connectivity index (χ3v) is 4.02. The van der Waals surface area contributed by atoms with Gasteiger partial charge in [0.25, 0.3) is 5.85 Å². The van der Waals surface area contributed by atoms with Crippen LogP contribution < -0.4 is 9.64 Å². The van der Waals surface area contributed by atoms with Crippen molar-refractivity contribution in [3.8, 4) is 5.75 Å². The maximum atomic E-state index is 15.1. The summed E-state index contributed by atoms with van der Waals surface area (Å²) in [6, 6.07) is 12.7. The smallest absolute Gasteiger partial charge is 0.417 e. The van der Waals surface area contributed by atoms with Crippen molar-refractivity contribution in [3.63, 3.8) is 0 Å². The molecule has 0 aliphatic carbocycles. The number of benzene rings is 2. The lowest BCUT2D eigenvalue weighted by Crippen LogP contribution is -2.32. The van der Waals surface area contributed by atoms with Crippen LogP contribution in [-0.4, -0.2) is 25.6 Å². The Morgan fingerprint density at radius 2 is 1.79 bits per heavy atom. The molecule has 1 saturated heterocycles. The topological polar surface area (TPSA) is 38.8 Å². The lowest BCUT2D eigenvalue weighted by molar-refractivity contribution is -0.0562. The number of anilines is 1. The van der Waals surface area contributed by atoms with E-state index in [1.807, 2.05) is 32.0 Å². The van der Waals surface area contributed by atoms with Gasteiger partial charge in [0.15, 0.2) is 0 Å². The molecule has 4 nitrogen and oxygen atoms in total. The number of ether oxygens (including phenoxy) is 2. The van der Waals surface area contributed by atoms with Crippen LogP contribution >= 0.6 is 0 Å². The molecule has 1 aliphatic rings. The van der Waals surface area contributed by atoms with Crippen LogP contribution in [0.4, 0.5) is 14.9 Å². The quantitative estimate of drug-likeness (QED) is 0.845. The first-order valence-corrected chi connectivity index (χ1v) is 7.79. The fourth-order valence-corrected chi connectivity index (χ4v) is 3.07. The predicted octanol–water partition coefficient (Wildman–Crippen LogP) is 4.18. The van der Waals surface area contributed by atoms with E-state index in [0.29, 0.717) is 11.4 Å². The molecular formula is C19H20FNO3. The Balaban J connectivity index is 1.79. The molecule has 1 atom stereocenters. The maximum Gasteiger partial charge on any atom is 0.417 e. The summed E-state index contributed by atoms with van der Waals surface area (Å²) < 4.78 is 25.2. The highest BCUT2D eigenvalue weighted by molar-refractivity contribution is 5.90. The fourth-order valence-electron chi connectivity index (χ4n) is 3.07. The standard InChI is InChI=1S/C19H20FNO3/c1-13-8-14(2)10-15(9-13)11-19(20)12-21(18(22)24-19)16-4-6-17(23-3)7-5-16/h4-10H,11-12H2,1-3H3. The van der Waals surface area contributed by atoms with Crippen molar-refractivity contribution in [1.82, 2.24) is 0 Å². The van der Waals surface area contributed by atoms with E-state index in [1.165, 1.54) is 4.90 Å². The molecule has 1 aliphatic heterocycles. The summed E-state index contributed by atoms with van der Waals surface area (Å²) in [5.41, 5.74) is 3.52. The SMILES string of the molecule is COc1ccc(N2CC(F)(Cc3cc(C)cc(C)c3)OC2=O)cc1. The molecule has 0 radical (unpaired) electrons. The average molecular weight is 329 g/mol. The molecular weight excluding hydrogens is 309 g/mol. The molecule has 126 valence electrons. The normalized spacial score (nSPS) is 20.2. The van der Waals surface area contributed by atoms with Gasteiger partial charge < -0.3 is 9.47 Å². The summed E-state index contributed by atoms with van der Waals surface area (Å²) in [6.45, 7) is 3.79. The monoisotopic (exact) mass is 329 g/mol. The van der Waals surface area contributed by atoms with Crippen LogP contribution in [0.1, 0.15) is 16.7 Å². The molecule has 3 rings (SSSR count). The van der Waals surface area contributed by atoms with E-state index in [-0.39, 0.29) is 13.0 Å². The largest absolute Gasteiger partial charge is 0.497 e. The Labute approximate surface area is 140 Å². The van der Waals surface area contributed by atoms with Gasteiger partial charge in [-0.1, -0.05) is 29.3 Å². The predicted molar refractivity (Wildman–Crippen MR) is 90.3 cm³/mol. The minimum atomic E-state index is -2.03. The average Bonchev–Trinajstić information content (AvgIpc) is 2.81. The molecule has 0 N–H and O–H groups in total. The molecule has 24 heavy (non-hydrogen) atoms. The van der Waals surface area contributed by atoms with Gasteiger partial charge in [0.1, 0.15) is 5.75 Å². The summed E-state index contributed by atoms with van der Waals surface area (Å²) in [5.74, 6) is -1.36. The highest BCUT2D eigenvalue weighted by atomic mass is 19.2. The Bertz CT molecular complexity index is 739.